The van der Waals surface area contributed by atoms with E-state index in [1.807, 2.05) is 0 Å². The molecule has 6 nitrogen and oxygen atoms in total. The second-order valence-corrected chi connectivity index (χ2v) is 4.37. The molecule has 1 aliphatic rings. The van der Waals surface area contributed by atoms with Crippen molar-refractivity contribution in [1.29, 1.82) is 0 Å². The topological polar surface area (TPSA) is 88.0 Å². The van der Waals surface area contributed by atoms with Crippen LogP contribution in [0.2, 0.25) is 0 Å². The highest BCUT2D eigenvalue weighted by Crippen LogP contribution is 2.14. The molecule has 2 aromatic rings. The quantitative estimate of drug-likeness (QED) is 0.849. The molecule has 0 saturated heterocycles. The lowest BCUT2D eigenvalue weighted by Crippen LogP contribution is -2.28. The number of nitrogens with two attached hydrogens (primary N) is 1. The monoisotopic (exact) mass is 300 g/mol. The predicted octanol–water partition coefficient (Wildman–Crippen LogP) is 1.90. The summed E-state index contributed by atoms with van der Waals surface area (Å²) >= 11 is 0. The molecular weight excluding hydrogens is 290 g/mol. The van der Waals surface area contributed by atoms with Crippen molar-refractivity contribution in [2.45, 2.75) is 0 Å². The zero-order valence-corrected chi connectivity index (χ0v) is 11.2. The molecule has 8 heteroatoms. The van der Waals surface area contributed by atoms with Crippen LogP contribution in [-0.4, -0.2) is 22.2 Å². The fourth-order valence-corrected chi connectivity index (χ4v) is 1.82. The molecule has 3 rings (SSSR count). The average Bonchev–Trinajstić information content (AvgIpc) is 2.90. The zero-order chi connectivity index (χ0) is 15.5. The van der Waals surface area contributed by atoms with Gasteiger partial charge in [-0.1, -0.05) is 0 Å². The van der Waals surface area contributed by atoms with Gasteiger partial charge in [0.05, 0.1) is 5.69 Å². The molecule has 0 unspecified atom stereocenters. The van der Waals surface area contributed by atoms with Gasteiger partial charge in [0.25, 0.3) is 0 Å². The van der Waals surface area contributed by atoms with E-state index in [1.165, 1.54) is 6.07 Å². The minimum atomic E-state index is -0.971. The minimum Gasteiger partial charge on any atom is -0.380 e. The van der Waals surface area contributed by atoms with Gasteiger partial charge in [-0.25, -0.2) is 8.78 Å². The number of nitrogens with one attached hydrogen (secondary N) is 1. The minimum absolute atomic E-state index is 0.127. The summed E-state index contributed by atoms with van der Waals surface area (Å²) in [7, 11) is 0. The Kier molecular flexibility index (Phi) is 3.57. The van der Waals surface area contributed by atoms with E-state index in [0.717, 1.165) is 17.7 Å². The Morgan fingerprint density at radius 1 is 1.00 bits per heavy atom. The fourth-order valence-electron chi connectivity index (χ4n) is 1.82. The molecule has 1 aromatic heterocycles. The molecule has 22 heavy (non-hydrogen) atoms. The number of aromatic nitrogens is 1. The fraction of sp³-hybridized carbons (Fsp3) is 0. The van der Waals surface area contributed by atoms with Gasteiger partial charge in [-0.05, 0) is 24.3 Å². The van der Waals surface area contributed by atoms with Crippen LogP contribution in [0.1, 0.15) is 5.56 Å². The highest BCUT2D eigenvalue weighted by Gasteiger charge is 2.21. The zero-order valence-electron chi connectivity index (χ0n) is 11.2. The summed E-state index contributed by atoms with van der Waals surface area (Å²) in [5, 5.41) is 11.8. The highest BCUT2D eigenvalue weighted by atomic mass is 19.2. The first-order valence-corrected chi connectivity index (χ1v) is 6.26. The van der Waals surface area contributed by atoms with Crippen LogP contribution in [0.4, 0.5) is 14.5 Å². The van der Waals surface area contributed by atoms with E-state index in [4.69, 9.17) is 5.73 Å². The maximum absolute atomic E-state index is 13.2. The third-order valence-electron chi connectivity index (χ3n) is 2.89. The van der Waals surface area contributed by atoms with Gasteiger partial charge in [-0.3, -0.25) is 10.4 Å². The highest BCUT2D eigenvalue weighted by molar-refractivity contribution is 6.72. The lowest BCUT2D eigenvalue weighted by Gasteiger charge is -2.05. The molecule has 0 aliphatic carbocycles. The SMILES string of the molecule is NC1=NN=C(c2ccncc2)/C1=N\Nc1ccc(F)c(F)c1. The van der Waals surface area contributed by atoms with Gasteiger partial charge in [0.1, 0.15) is 5.71 Å². The van der Waals surface area contributed by atoms with Crippen molar-refractivity contribution >= 4 is 22.9 Å². The molecule has 0 bridgehead atoms. The largest absolute Gasteiger partial charge is 0.380 e. The first kappa shape index (κ1) is 13.8. The van der Waals surface area contributed by atoms with Crippen LogP contribution in [0, 0.1) is 11.6 Å². The molecule has 0 atom stereocenters. The van der Waals surface area contributed by atoms with E-state index < -0.39 is 11.6 Å². The number of anilines is 1. The number of rotatable bonds is 3. The second kappa shape index (κ2) is 5.68. The van der Waals surface area contributed by atoms with Gasteiger partial charge in [0.15, 0.2) is 23.2 Å². The number of halogens is 2. The molecular formula is C14H10F2N6. The van der Waals surface area contributed by atoms with E-state index in [2.05, 4.69) is 25.7 Å². The van der Waals surface area contributed by atoms with Crippen molar-refractivity contribution in [3.63, 3.8) is 0 Å². The standard InChI is InChI=1S/C14H10F2N6/c15-10-2-1-9(7-11(10)16)19-21-13-12(20-22-14(13)17)8-3-5-18-6-4-8/h1-7,19H,(H2,17,21,22). The Labute approximate surface area is 124 Å². The normalized spacial score (nSPS) is 15.6. The molecule has 0 amide bonds. The Morgan fingerprint density at radius 3 is 2.50 bits per heavy atom. The summed E-state index contributed by atoms with van der Waals surface area (Å²) in [4.78, 5) is 3.92. The number of hydrogen-bond donors (Lipinski definition) is 2. The van der Waals surface area contributed by atoms with Crippen LogP contribution in [0.3, 0.4) is 0 Å². The van der Waals surface area contributed by atoms with E-state index in [1.54, 1.807) is 24.5 Å². The van der Waals surface area contributed by atoms with Gasteiger partial charge in [0, 0.05) is 24.0 Å². The Hall–Kier alpha value is -3.16. The third kappa shape index (κ3) is 2.66. The molecule has 110 valence electrons. The second-order valence-electron chi connectivity index (χ2n) is 4.37. The van der Waals surface area contributed by atoms with Crippen LogP contribution in [0.25, 0.3) is 0 Å². The van der Waals surface area contributed by atoms with Crippen molar-refractivity contribution in [2.24, 2.45) is 21.0 Å². The van der Waals surface area contributed by atoms with Crippen molar-refractivity contribution < 1.29 is 8.78 Å². The van der Waals surface area contributed by atoms with Crippen LogP contribution < -0.4 is 11.2 Å². The maximum atomic E-state index is 13.2. The third-order valence-corrected chi connectivity index (χ3v) is 2.89. The van der Waals surface area contributed by atoms with Crippen LogP contribution in [0.15, 0.2) is 58.0 Å². The van der Waals surface area contributed by atoms with Crippen molar-refractivity contribution in [3.8, 4) is 0 Å². The summed E-state index contributed by atoms with van der Waals surface area (Å²) in [6.45, 7) is 0. The number of hydrogen-bond acceptors (Lipinski definition) is 6. The van der Waals surface area contributed by atoms with Crippen molar-refractivity contribution in [1.82, 2.24) is 4.98 Å². The number of amidine groups is 1. The van der Waals surface area contributed by atoms with Crippen molar-refractivity contribution in [2.75, 3.05) is 5.43 Å². The predicted molar refractivity (Wildman–Crippen MR) is 79.8 cm³/mol. The van der Waals surface area contributed by atoms with E-state index in [9.17, 15) is 8.78 Å². The lowest BCUT2D eigenvalue weighted by molar-refractivity contribution is 0.509. The maximum Gasteiger partial charge on any atom is 0.176 e. The lowest BCUT2D eigenvalue weighted by atomic mass is 10.1. The number of hydrazone groups is 1. The molecule has 3 N–H and O–H groups in total. The van der Waals surface area contributed by atoms with Gasteiger partial charge in [-0.15, -0.1) is 10.2 Å². The Morgan fingerprint density at radius 2 is 1.77 bits per heavy atom. The number of nitrogens with zero attached hydrogens (tertiary/aromatic N) is 4. The van der Waals surface area contributed by atoms with Crippen LogP contribution in [-0.2, 0) is 0 Å². The van der Waals surface area contributed by atoms with Gasteiger partial charge in [-0.2, -0.15) is 5.10 Å². The number of benzene rings is 1. The molecule has 2 heterocycles. The summed E-state index contributed by atoms with van der Waals surface area (Å²) < 4.78 is 26.0. The summed E-state index contributed by atoms with van der Waals surface area (Å²) in [5.74, 6) is -1.78. The van der Waals surface area contributed by atoms with E-state index in [0.29, 0.717) is 11.4 Å². The molecule has 0 radical (unpaired) electrons. The smallest absolute Gasteiger partial charge is 0.176 e. The molecule has 0 fully saturated rings. The molecule has 0 spiro atoms. The first-order chi connectivity index (χ1) is 10.6. The summed E-state index contributed by atoms with van der Waals surface area (Å²) in [6, 6.07) is 6.82. The van der Waals surface area contributed by atoms with Crippen LogP contribution in [0.5, 0.6) is 0 Å². The molecule has 1 aromatic carbocycles. The van der Waals surface area contributed by atoms with E-state index >= 15 is 0 Å². The molecule has 0 saturated carbocycles. The van der Waals surface area contributed by atoms with Gasteiger partial charge in [0.2, 0.25) is 0 Å². The summed E-state index contributed by atoms with van der Waals surface area (Å²) in [6.07, 6.45) is 3.21. The van der Waals surface area contributed by atoms with Crippen LogP contribution >= 0.6 is 0 Å². The first-order valence-electron chi connectivity index (χ1n) is 6.26. The Balaban J connectivity index is 1.87. The average molecular weight is 300 g/mol. The molecule has 1 aliphatic heterocycles. The number of pyridine rings is 1. The van der Waals surface area contributed by atoms with Gasteiger partial charge >= 0.3 is 0 Å². The Bertz CT molecular complexity index is 798. The summed E-state index contributed by atoms with van der Waals surface area (Å²) in [5.41, 5.74) is 10.2. The van der Waals surface area contributed by atoms with E-state index in [-0.39, 0.29) is 11.5 Å². The van der Waals surface area contributed by atoms with Gasteiger partial charge < -0.3 is 5.73 Å². The van der Waals surface area contributed by atoms with Crippen molar-refractivity contribution in [3.05, 3.63) is 59.9 Å².